The fraction of sp³-hybridized carbons (Fsp3) is 0.515. The van der Waals surface area contributed by atoms with Gasteiger partial charge in [-0.25, -0.2) is 0 Å². The van der Waals surface area contributed by atoms with E-state index in [-0.39, 0.29) is 11.9 Å². The van der Waals surface area contributed by atoms with Crippen LogP contribution in [0.4, 0.5) is 0 Å². The van der Waals surface area contributed by atoms with E-state index in [1.807, 2.05) is 4.90 Å². The molecule has 2 aromatic carbocycles. The van der Waals surface area contributed by atoms with Crippen LogP contribution in [-0.4, -0.2) is 55.8 Å². The van der Waals surface area contributed by atoms with Gasteiger partial charge in [0, 0.05) is 31.8 Å². The van der Waals surface area contributed by atoms with Gasteiger partial charge in [-0.15, -0.1) is 0 Å². The van der Waals surface area contributed by atoms with Crippen LogP contribution in [0, 0.1) is 25.7 Å². The van der Waals surface area contributed by atoms with Crippen molar-refractivity contribution < 1.29 is 19.1 Å². The highest BCUT2D eigenvalue weighted by molar-refractivity contribution is 5.91. The summed E-state index contributed by atoms with van der Waals surface area (Å²) in [7, 11) is 3.32. The Hall–Kier alpha value is -3.12. The molecule has 1 fully saturated rings. The smallest absolute Gasteiger partial charge is 0.247 e. The maximum absolute atomic E-state index is 13.3. The molecule has 208 valence electrons. The number of hydrogen-bond acceptors (Lipinski definition) is 5. The minimum atomic E-state index is -0.105. The monoisotopic (exact) mass is 530 g/mol. The van der Waals surface area contributed by atoms with Crippen LogP contribution < -0.4 is 9.47 Å². The Kier molecular flexibility index (Phi) is 8.13. The molecule has 0 radical (unpaired) electrons. The molecule has 0 bridgehead atoms. The van der Waals surface area contributed by atoms with E-state index in [9.17, 15) is 9.59 Å². The molecule has 3 aliphatic rings. The van der Waals surface area contributed by atoms with Gasteiger partial charge in [-0.05, 0) is 103 Å². The predicted molar refractivity (Wildman–Crippen MR) is 153 cm³/mol. The number of benzene rings is 2. The van der Waals surface area contributed by atoms with E-state index in [0.717, 1.165) is 56.5 Å². The lowest BCUT2D eigenvalue weighted by atomic mass is 9.72. The first-order valence-electron chi connectivity index (χ1n) is 14.4. The predicted octanol–water partition coefficient (Wildman–Crippen LogP) is 5.54. The normalized spacial score (nSPS) is 24.6. The molecule has 0 N–H and O–H groups in total. The lowest BCUT2D eigenvalue weighted by Gasteiger charge is -2.49. The summed E-state index contributed by atoms with van der Waals surface area (Å²) >= 11 is 0. The van der Waals surface area contributed by atoms with Crippen molar-refractivity contribution in [2.45, 2.75) is 65.0 Å². The van der Waals surface area contributed by atoms with Crippen LogP contribution >= 0.6 is 0 Å². The van der Waals surface area contributed by atoms with E-state index in [4.69, 9.17) is 9.47 Å². The number of ether oxygens (including phenoxy) is 2. The molecule has 0 saturated carbocycles. The number of aldehydes is 1. The number of allylic oxidation sites excluding steroid dienone is 1. The third-order valence-corrected chi connectivity index (χ3v) is 9.54. The van der Waals surface area contributed by atoms with Crippen LogP contribution in [-0.2, 0) is 22.4 Å². The molecule has 4 atom stereocenters. The van der Waals surface area contributed by atoms with Crippen LogP contribution in [0.1, 0.15) is 71.7 Å². The summed E-state index contributed by atoms with van der Waals surface area (Å²) in [6.45, 7) is 9.59. The maximum atomic E-state index is 13.3. The quantitative estimate of drug-likeness (QED) is 0.348. The first-order valence-corrected chi connectivity index (χ1v) is 14.4. The molecular formula is C33H42N2O4. The number of carbonyl (C=O) groups is 2. The van der Waals surface area contributed by atoms with Gasteiger partial charge in [0.05, 0.1) is 20.3 Å². The van der Waals surface area contributed by atoms with Crippen molar-refractivity contribution >= 4 is 12.2 Å². The Morgan fingerprint density at radius 3 is 2.36 bits per heavy atom. The first kappa shape index (κ1) is 27.4. The summed E-state index contributed by atoms with van der Waals surface area (Å²) in [5.41, 5.74) is 8.09. The third-order valence-electron chi connectivity index (χ3n) is 9.54. The fourth-order valence-electron chi connectivity index (χ4n) is 7.27. The van der Waals surface area contributed by atoms with Gasteiger partial charge in [-0.2, -0.15) is 0 Å². The largest absolute Gasteiger partial charge is 0.493 e. The van der Waals surface area contributed by atoms with E-state index in [2.05, 4.69) is 49.9 Å². The summed E-state index contributed by atoms with van der Waals surface area (Å²) in [6, 6.07) is 9.32. The van der Waals surface area contributed by atoms with Crippen LogP contribution in [0.5, 0.6) is 11.5 Å². The second-order valence-electron chi connectivity index (χ2n) is 11.5. The van der Waals surface area contributed by atoms with Gasteiger partial charge in [0.2, 0.25) is 5.91 Å². The summed E-state index contributed by atoms with van der Waals surface area (Å²) in [5.74, 6) is 2.35. The zero-order valence-corrected chi connectivity index (χ0v) is 24.0. The van der Waals surface area contributed by atoms with Crippen molar-refractivity contribution in [3.63, 3.8) is 0 Å². The van der Waals surface area contributed by atoms with Gasteiger partial charge in [-0.1, -0.05) is 25.5 Å². The van der Waals surface area contributed by atoms with E-state index < -0.39 is 0 Å². The Bertz CT molecular complexity index is 1270. The molecule has 3 aliphatic heterocycles. The number of rotatable bonds is 7. The molecule has 3 heterocycles. The molecule has 6 nitrogen and oxygen atoms in total. The van der Waals surface area contributed by atoms with Crippen molar-refractivity contribution in [1.82, 2.24) is 9.80 Å². The highest BCUT2D eigenvalue weighted by atomic mass is 16.5. The zero-order chi connectivity index (χ0) is 27.7. The van der Waals surface area contributed by atoms with E-state index in [1.165, 1.54) is 40.0 Å². The van der Waals surface area contributed by atoms with Crippen LogP contribution in [0.25, 0.3) is 0 Å². The number of piperidine rings is 1. The van der Waals surface area contributed by atoms with Crippen molar-refractivity contribution in [3.05, 3.63) is 69.8 Å². The minimum Gasteiger partial charge on any atom is -0.493 e. The van der Waals surface area contributed by atoms with Gasteiger partial charge < -0.3 is 14.4 Å². The van der Waals surface area contributed by atoms with Gasteiger partial charge >= 0.3 is 0 Å². The second-order valence-corrected chi connectivity index (χ2v) is 11.5. The van der Waals surface area contributed by atoms with Gasteiger partial charge in [0.15, 0.2) is 11.5 Å². The van der Waals surface area contributed by atoms with Crippen LogP contribution in [0.2, 0.25) is 0 Å². The van der Waals surface area contributed by atoms with Gasteiger partial charge in [-0.3, -0.25) is 14.5 Å². The number of carbonyl (C=O) groups excluding carboxylic acids is 2. The molecule has 4 unspecified atom stereocenters. The first-order chi connectivity index (χ1) is 18.9. The highest BCUT2D eigenvalue weighted by Crippen LogP contribution is 2.48. The summed E-state index contributed by atoms with van der Waals surface area (Å²) in [4.78, 5) is 29.0. The molecule has 2 aromatic rings. The molecule has 0 aromatic heterocycles. The molecule has 6 heteroatoms. The summed E-state index contributed by atoms with van der Waals surface area (Å²) in [5, 5.41) is 0. The zero-order valence-electron chi connectivity index (χ0n) is 24.0. The maximum Gasteiger partial charge on any atom is 0.247 e. The number of hydrogen-bond donors (Lipinski definition) is 0. The summed E-state index contributed by atoms with van der Waals surface area (Å²) in [6.07, 6.45) is 8.37. The number of methoxy groups -OCH3 is 2. The van der Waals surface area contributed by atoms with E-state index in [0.29, 0.717) is 36.5 Å². The van der Waals surface area contributed by atoms with Gasteiger partial charge in [0.1, 0.15) is 6.29 Å². The van der Waals surface area contributed by atoms with E-state index >= 15 is 0 Å². The number of amides is 1. The second kappa shape index (κ2) is 11.5. The Balaban J connectivity index is 1.51. The average molecular weight is 531 g/mol. The van der Waals surface area contributed by atoms with Gasteiger partial charge in [0.25, 0.3) is 0 Å². The third kappa shape index (κ3) is 5.23. The molecule has 1 amide bonds. The van der Waals surface area contributed by atoms with Crippen molar-refractivity contribution in [2.24, 2.45) is 11.8 Å². The average Bonchev–Trinajstić information content (AvgIpc) is 2.95. The molecule has 0 spiro atoms. The SMILES string of the molecule is CCC1CN2CCc3cc(C)c(C)cc3C2CC1CC1c2cc(OC)c(OC)cc2CCN1C(=O)/C=C/C=O. The molecule has 39 heavy (non-hydrogen) atoms. The number of nitrogens with zero attached hydrogens (tertiary/aromatic N) is 2. The Labute approximate surface area is 233 Å². The van der Waals surface area contributed by atoms with Crippen molar-refractivity contribution in [1.29, 1.82) is 0 Å². The van der Waals surface area contributed by atoms with Crippen LogP contribution in [0.3, 0.4) is 0 Å². The molecular weight excluding hydrogens is 488 g/mol. The van der Waals surface area contributed by atoms with E-state index in [1.54, 1.807) is 14.2 Å². The Morgan fingerprint density at radius 1 is 0.949 bits per heavy atom. The van der Waals surface area contributed by atoms with Crippen LogP contribution in [0.15, 0.2) is 36.4 Å². The van der Waals surface area contributed by atoms with Crippen molar-refractivity contribution in [2.75, 3.05) is 33.9 Å². The highest BCUT2D eigenvalue weighted by Gasteiger charge is 2.41. The fourth-order valence-corrected chi connectivity index (χ4v) is 7.27. The lowest BCUT2D eigenvalue weighted by molar-refractivity contribution is -0.129. The lowest BCUT2D eigenvalue weighted by Crippen LogP contribution is -2.47. The minimum absolute atomic E-state index is 0.0780. The topological polar surface area (TPSA) is 59.1 Å². The van der Waals surface area contributed by atoms with Crippen molar-refractivity contribution in [3.8, 4) is 11.5 Å². The summed E-state index contributed by atoms with van der Waals surface area (Å²) < 4.78 is 11.3. The molecule has 1 saturated heterocycles. The Morgan fingerprint density at radius 2 is 1.64 bits per heavy atom. The molecule has 5 rings (SSSR count). The number of aryl methyl sites for hydroxylation is 2. The standard InChI is InChI=1S/C33H42N2O4/c1-6-23-20-34-11-9-24-14-21(2)22(3)15-27(24)29(34)16-26(23)17-30-28-19-32(39-5)31(38-4)18-25(28)10-12-35(30)33(37)8-7-13-36/h7-8,13-15,18-19,23,26,29-30H,6,9-12,16-17,20H2,1-5H3/b8-7+. The number of fused-ring (bicyclic) bond motifs is 4. The molecule has 0 aliphatic carbocycles.